The molecule has 2 aromatic rings. The Labute approximate surface area is 144 Å². The van der Waals surface area contributed by atoms with Crippen molar-refractivity contribution in [3.63, 3.8) is 0 Å². The molecule has 0 aliphatic heterocycles. The second-order valence-electron chi connectivity index (χ2n) is 5.94. The van der Waals surface area contributed by atoms with E-state index in [1.165, 1.54) is 0 Å². The second-order valence-corrected chi connectivity index (χ2v) is 7.81. The number of para-hydroxylation sites is 1. The Morgan fingerprint density at radius 1 is 1.12 bits per heavy atom. The maximum Gasteiger partial charge on any atom is 0.212 e. The van der Waals surface area contributed by atoms with Gasteiger partial charge in [0.25, 0.3) is 0 Å². The fourth-order valence-corrected chi connectivity index (χ4v) is 3.70. The van der Waals surface area contributed by atoms with Gasteiger partial charge in [-0.25, -0.2) is 13.1 Å². The van der Waals surface area contributed by atoms with Crippen LogP contribution in [0.1, 0.15) is 23.7 Å². The first kappa shape index (κ1) is 18.4. The van der Waals surface area contributed by atoms with Crippen molar-refractivity contribution in [2.45, 2.75) is 33.2 Å². The summed E-state index contributed by atoms with van der Waals surface area (Å²) in [7, 11) is -3.37. The van der Waals surface area contributed by atoms with Crippen molar-refractivity contribution in [2.24, 2.45) is 0 Å². The zero-order chi connectivity index (χ0) is 17.6. The largest absolute Gasteiger partial charge is 0.491 e. The fourth-order valence-electron chi connectivity index (χ4n) is 2.42. The Morgan fingerprint density at radius 2 is 1.83 bits per heavy atom. The molecule has 1 aromatic carbocycles. The molecular weight excluding hydrogens is 324 g/mol. The Bertz CT molecular complexity index is 741. The summed E-state index contributed by atoms with van der Waals surface area (Å²) in [6, 6.07) is 11.1. The number of nitrogens with zero attached hydrogens (tertiary/aromatic N) is 1. The quantitative estimate of drug-likeness (QED) is 0.796. The van der Waals surface area contributed by atoms with Gasteiger partial charge in [0.2, 0.25) is 10.0 Å². The predicted octanol–water partition coefficient (Wildman–Crippen LogP) is 2.63. The molecule has 0 aliphatic rings. The molecule has 1 unspecified atom stereocenters. The van der Waals surface area contributed by atoms with Gasteiger partial charge < -0.3 is 4.74 Å². The van der Waals surface area contributed by atoms with Gasteiger partial charge in [-0.1, -0.05) is 24.3 Å². The number of benzene rings is 1. The van der Waals surface area contributed by atoms with E-state index in [0.29, 0.717) is 6.42 Å². The number of sulfonamides is 1. The van der Waals surface area contributed by atoms with Crippen LogP contribution in [0.4, 0.5) is 0 Å². The van der Waals surface area contributed by atoms with E-state index in [9.17, 15) is 8.42 Å². The number of pyridine rings is 1. The highest BCUT2D eigenvalue weighted by atomic mass is 32.2. The van der Waals surface area contributed by atoms with Crippen LogP contribution in [-0.2, 0) is 16.4 Å². The normalized spacial score (nSPS) is 12.8. The van der Waals surface area contributed by atoms with Crippen LogP contribution in [0.2, 0.25) is 0 Å². The van der Waals surface area contributed by atoms with Crippen LogP contribution in [0.3, 0.4) is 0 Å². The predicted molar refractivity (Wildman–Crippen MR) is 95.7 cm³/mol. The number of nitrogens with one attached hydrogen (secondary N) is 1. The third-order valence-corrected chi connectivity index (χ3v) is 5.12. The van der Waals surface area contributed by atoms with Crippen molar-refractivity contribution in [1.82, 2.24) is 9.71 Å². The van der Waals surface area contributed by atoms with Gasteiger partial charge in [0.1, 0.15) is 12.4 Å². The maximum absolute atomic E-state index is 12.2. The van der Waals surface area contributed by atoms with Crippen LogP contribution in [0.25, 0.3) is 0 Å². The van der Waals surface area contributed by atoms with Crippen LogP contribution in [-0.4, -0.2) is 31.8 Å². The number of hydrogen-bond donors (Lipinski definition) is 1. The summed E-state index contributed by atoms with van der Waals surface area (Å²) < 4.78 is 32.8. The molecule has 1 atom stereocenters. The zero-order valence-electron chi connectivity index (χ0n) is 14.3. The summed E-state index contributed by atoms with van der Waals surface area (Å²) in [4.78, 5) is 4.14. The van der Waals surface area contributed by atoms with Gasteiger partial charge in [-0.05, 0) is 44.0 Å². The summed E-state index contributed by atoms with van der Waals surface area (Å²) in [5, 5.41) is 0. The number of ether oxygens (including phenoxy) is 1. The van der Waals surface area contributed by atoms with E-state index in [4.69, 9.17) is 4.74 Å². The zero-order valence-corrected chi connectivity index (χ0v) is 15.1. The van der Waals surface area contributed by atoms with E-state index in [1.54, 1.807) is 13.1 Å². The average Bonchev–Trinajstić information content (AvgIpc) is 2.53. The van der Waals surface area contributed by atoms with Crippen LogP contribution in [0.15, 0.2) is 42.6 Å². The first-order chi connectivity index (χ1) is 11.4. The van der Waals surface area contributed by atoms with Gasteiger partial charge in [0.15, 0.2) is 0 Å². The van der Waals surface area contributed by atoms with E-state index in [1.807, 2.05) is 50.2 Å². The lowest BCUT2D eigenvalue weighted by molar-refractivity contribution is 0.284. The van der Waals surface area contributed by atoms with Gasteiger partial charge in [-0.15, -0.1) is 0 Å². The minimum absolute atomic E-state index is 0.0117. The lowest BCUT2D eigenvalue weighted by Crippen LogP contribution is -2.38. The van der Waals surface area contributed by atoms with Gasteiger partial charge in [-0.2, -0.15) is 0 Å². The third-order valence-electron chi connectivity index (χ3n) is 3.62. The molecule has 1 heterocycles. The fraction of sp³-hybridized carbons (Fsp3) is 0.389. The first-order valence-electron chi connectivity index (χ1n) is 7.96. The standard InChI is InChI=1S/C18H24N2O3S/c1-14-7-6-8-15(2)18(14)23-13-16(3)20-24(21,22)12-10-17-9-4-5-11-19-17/h4-9,11,16,20H,10,12-13H2,1-3H3. The molecule has 0 bridgehead atoms. The van der Waals surface area contributed by atoms with Crippen molar-refractivity contribution in [2.75, 3.05) is 12.4 Å². The van der Waals surface area contributed by atoms with Crippen LogP contribution >= 0.6 is 0 Å². The molecule has 0 saturated carbocycles. The molecule has 6 heteroatoms. The van der Waals surface area contributed by atoms with Crippen molar-refractivity contribution in [3.05, 3.63) is 59.4 Å². The summed E-state index contributed by atoms with van der Waals surface area (Å²) in [5.41, 5.74) is 2.85. The average molecular weight is 348 g/mol. The second kappa shape index (κ2) is 8.26. The van der Waals surface area contributed by atoms with Crippen LogP contribution in [0, 0.1) is 13.8 Å². The minimum Gasteiger partial charge on any atom is -0.491 e. The Hall–Kier alpha value is -1.92. The summed E-state index contributed by atoms with van der Waals surface area (Å²) in [5.74, 6) is 0.828. The number of aryl methyl sites for hydroxylation is 3. The molecule has 2 rings (SSSR count). The van der Waals surface area contributed by atoms with Crippen LogP contribution < -0.4 is 9.46 Å². The Kier molecular flexibility index (Phi) is 6.34. The van der Waals surface area contributed by atoms with Crippen molar-refractivity contribution in [1.29, 1.82) is 0 Å². The highest BCUT2D eigenvalue weighted by molar-refractivity contribution is 7.89. The molecule has 0 fully saturated rings. The monoisotopic (exact) mass is 348 g/mol. The lowest BCUT2D eigenvalue weighted by Gasteiger charge is -2.17. The lowest BCUT2D eigenvalue weighted by atomic mass is 10.1. The number of rotatable bonds is 8. The van der Waals surface area contributed by atoms with Crippen molar-refractivity contribution < 1.29 is 13.2 Å². The molecule has 0 spiro atoms. The smallest absolute Gasteiger partial charge is 0.212 e. The summed E-state index contributed by atoms with van der Waals surface area (Å²) in [6.07, 6.45) is 2.05. The van der Waals surface area contributed by atoms with Gasteiger partial charge in [0, 0.05) is 18.3 Å². The Balaban J connectivity index is 1.85. The molecule has 0 saturated heterocycles. The molecule has 1 N–H and O–H groups in total. The third kappa shape index (κ3) is 5.62. The molecule has 0 radical (unpaired) electrons. The maximum atomic E-state index is 12.2. The molecule has 24 heavy (non-hydrogen) atoms. The van der Waals surface area contributed by atoms with Gasteiger partial charge >= 0.3 is 0 Å². The minimum atomic E-state index is -3.37. The van der Waals surface area contributed by atoms with E-state index in [-0.39, 0.29) is 18.4 Å². The number of aromatic nitrogens is 1. The van der Waals surface area contributed by atoms with E-state index in [0.717, 1.165) is 22.6 Å². The van der Waals surface area contributed by atoms with Crippen molar-refractivity contribution >= 4 is 10.0 Å². The molecular formula is C18H24N2O3S. The highest BCUT2D eigenvalue weighted by Crippen LogP contribution is 2.22. The van der Waals surface area contributed by atoms with Gasteiger partial charge in [0.05, 0.1) is 11.8 Å². The summed E-state index contributed by atoms with van der Waals surface area (Å²) in [6.45, 7) is 6.04. The van der Waals surface area contributed by atoms with Gasteiger partial charge in [-0.3, -0.25) is 4.98 Å². The molecule has 130 valence electrons. The number of hydrogen-bond acceptors (Lipinski definition) is 4. The van der Waals surface area contributed by atoms with E-state index in [2.05, 4.69) is 9.71 Å². The van der Waals surface area contributed by atoms with E-state index >= 15 is 0 Å². The van der Waals surface area contributed by atoms with E-state index < -0.39 is 10.0 Å². The van der Waals surface area contributed by atoms with Crippen molar-refractivity contribution in [3.8, 4) is 5.75 Å². The molecule has 0 amide bonds. The van der Waals surface area contributed by atoms with Crippen LogP contribution in [0.5, 0.6) is 5.75 Å². The topological polar surface area (TPSA) is 68.3 Å². The molecule has 5 nitrogen and oxygen atoms in total. The first-order valence-corrected chi connectivity index (χ1v) is 9.61. The summed E-state index contributed by atoms with van der Waals surface area (Å²) >= 11 is 0. The molecule has 0 aliphatic carbocycles. The Morgan fingerprint density at radius 3 is 2.46 bits per heavy atom. The SMILES string of the molecule is Cc1cccc(C)c1OCC(C)NS(=O)(=O)CCc1ccccn1. The molecule has 1 aromatic heterocycles. The highest BCUT2D eigenvalue weighted by Gasteiger charge is 2.16.